The van der Waals surface area contributed by atoms with Crippen molar-refractivity contribution in [1.29, 1.82) is 0 Å². The lowest BCUT2D eigenvalue weighted by molar-refractivity contribution is -0.153. The molecule has 0 spiro atoms. The van der Waals surface area contributed by atoms with Gasteiger partial charge in [-0.2, -0.15) is 13.2 Å². The second-order valence-corrected chi connectivity index (χ2v) is 6.74. The third-order valence-electron chi connectivity index (χ3n) is 4.55. The van der Waals surface area contributed by atoms with Crippen LogP contribution in [0.25, 0.3) is 0 Å². The largest absolute Gasteiger partial charge is 0.493 e. The number of alkyl halides is 3. The molecule has 5 nitrogen and oxygen atoms in total. The molecule has 1 aromatic carbocycles. The first-order valence-electron chi connectivity index (χ1n) is 8.87. The Balaban J connectivity index is 1.46. The Morgan fingerprint density at radius 1 is 1.27 bits per heavy atom. The van der Waals surface area contributed by atoms with Crippen molar-refractivity contribution < 1.29 is 27.4 Å². The van der Waals surface area contributed by atoms with Crippen LogP contribution in [0.4, 0.5) is 13.2 Å². The van der Waals surface area contributed by atoms with Crippen LogP contribution in [0.1, 0.15) is 18.4 Å². The normalized spacial score (nSPS) is 21.6. The lowest BCUT2D eigenvalue weighted by Gasteiger charge is -2.33. The van der Waals surface area contributed by atoms with Crippen molar-refractivity contribution in [2.24, 2.45) is 0 Å². The molecule has 8 heteroatoms. The summed E-state index contributed by atoms with van der Waals surface area (Å²) in [7, 11) is 1.41. The van der Waals surface area contributed by atoms with Crippen LogP contribution >= 0.6 is 0 Å². The molecule has 1 unspecified atom stereocenters. The predicted molar refractivity (Wildman–Crippen MR) is 90.6 cm³/mol. The van der Waals surface area contributed by atoms with Crippen LogP contribution in [0.5, 0.6) is 11.5 Å². The van der Waals surface area contributed by atoms with E-state index in [-0.39, 0.29) is 11.9 Å². The standard InChI is InChI=1S/C18H25F3N2O3/c1-24-17-8-13(2-5-16(17)26-12-18(19,20)21)9-22-10-15-11-23(6-7-25-15)14-3-4-14/h2,5,8,14-15,22H,3-4,6-7,9-12H2,1H3. The number of morpholine rings is 1. The van der Waals surface area contributed by atoms with Crippen LogP contribution in [-0.4, -0.2) is 63.2 Å². The van der Waals surface area contributed by atoms with Gasteiger partial charge in [0.05, 0.1) is 19.8 Å². The molecule has 1 atom stereocenters. The maximum atomic E-state index is 12.3. The summed E-state index contributed by atoms with van der Waals surface area (Å²) in [6.07, 6.45) is -1.62. The third kappa shape index (κ3) is 5.75. The van der Waals surface area contributed by atoms with Crippen molar-refractivity contribution in [3.05, 3.63) is 23.8 Å². The molecular formula is C18H25F3N2O3. The lowest BCUT2D eigenvalue weighted by Crippen LogP contribution is -2.47. The highest BCUT2D eigenvalue weighted by Crippen LogP contribution is 2.30. The molecule has 0 bridgehead atoms. The predicted octanol–water partition coefficient (Wildman–Crippen LogP) is 2.59. The van der Waals surface area contributed by atoms with E-state index in [1.165, 1.54) is 26.0 Å². The summed E-state index contributed by atoms with van der Waals surface area (Å²) in [6, 6.07) is 5.68. The van der Waals surface area contributed by atoms with E-state index in [4.69, 9.17) is 14.2 Å². The van der Waals surface area contributed by atoms with Crippen LogP contribution < -0.4 is 14.8 Å². The number of ether oxygens (including phenoxy) is 3. The average molecular weight is 374 g/mol. The van der Waals surface area contributed by atoms with Gasteiger partial charge in [0.25, 0.3) is 0 Å². The van der Waals surface area contributed by atoms with E-state index in [9.17, 15) is 13.2 Å². The number of nitrogens with zero attached hydrogens (tertiary/aromatic N) is 1. The molecule has 1 saturated heterocycles. The summed E-state index contributed by atoms with van der Waals surface area (Å²) in [6.45, 7) is 2.71. The van der Waals surface area contributed by atoms with E-state index in [1.807, 2.05) is 0 Å². The highest BCUT2D eigenvalue weighted by molar-refractivity contribution is 5.43. The summed E-state index contributed by atoms with van der Waals surface area (Å²) in [5.74, 6) is 0.381. The molecule has 1 N–H and O–H groups in total. The average Bonchev–Trinajstić information content (AvgIpc) is 3.45. The van der Waals surface area contributed by atoms with E-state index >= 15 is 0 Å². The Hall–Kier alpha value is -1.51. The van der Waals surface area contributed by atoms with Gasteiger partial charge in [0.15, 0.2) is 18.1 Å². The van der Waals surface area contributed by atoms with E-state index in [1.54, 1.807) is 12.1 Å². The van der Waals surface area contributed by atoms with Crippen LogP contribution in [0.2, 0.25) is 0 Å². The number of halogens is 3. The number of methoxy groups -OCH3 is 1. The summed E-state index contributed by atoms with van der Waals surface area (Å²) in [5.41, 5.74) is 0.913. The monoisotopic (exact) mass is 374 g/mol. The molecule has 1 aromatic rings. The van der Waals surface area contributed by atoms with Crippen molar-refractivity contribution in [3.63, 3.8) is 0 Å². The molecule has 1 saturated carbocycles. The summed E-state index contributed by atoms with van der Waals surface area (Å²) in [4.78, 5) is 2.49. The van der Waals surface area contributed by atoms with Crippen molar-refractivity contribution in [2.45, 2.75) is 37.7 Å². The molecule has 3 rings (SSSR count). The fraction of sp³-hybridized carbons (Fsp3) is 0.667. The molecular weight excluding hydrogens is 349 g/mol. The van der Waals surface area contributed by atoms with E-state index in [2.05, 4.69) is 10.2 Å². The number of hydrogen-bond acceptors (Lipinski definition) is 5. The first-order valence-corrected chi connectivity index (χ1v) is 8.87. The van der Waals surface area contributed by atoms with E-state index < -0.39 is 12.8 Å². The molecule has 1 aliphatic heterocycles. The topological polar surface area (TPSA) is 43.0 Å². The second-order valence-electron chi connectivity index (χ2n) is 6.74. The number of benzene rings is 1. The Morgan fingerprint density at radius 3 is 2.77 bits per heavy atom. The molecule has 1 heterocycles. The van der Waals surface area contributed by atoms with E-state index in [0.29, 0.717) is 12.3 Å². The van der Waals surface area contributed by atoms with Crippen LogP contribution in [0, 0.1) is 0 Å². The minimum atomic E-state index is -4.38. The van der Waals surface area contributed by atoms with Gasteiger partial charge in [-0.3, -0.25) is 4.90 Å². The van der Waals surface area contributed by atoms with E-state index in [0.717, 1.165) is 37.8 Å². The quantitative estimate of drug-likeness (QED) is 0.758. The zero-order valence-electron chi connectivity index (χ0n) is 14.8. The van der Waals surface area contributed by atoms with Crippen molar-refractivity contribution in [3.8, 4) is 11.5 Å². The fourth-order valence-corrected chi connectivity index (χ4v) is 3.12. The molecule has 0 amide bonds. The Kier molecular flexibility index (Phi) is 6.26. The first kappa shape index (κ1) is 19.3. The Morgan fingerprint density at radius 2 is 2.08 bits per heavy atom. The van der Waals surface area contributed by atoms with Gasteiger partial charge in [0.2, 0.25) is 0 Å². The highest BCUT2D eigenvalue weighted by atomic mass is 19.4. The van der Waals surface area contributed by atoms with Crippen LogP contribution in [-0.2, 0) is 11.3 Å². The molecule has 26 heavy (non-hydrogen) atoms. The highest BCUT2D eigenvalue weighted by Gasteiger charge is 2.32. The van der Waals surface area contributed by atoms with Gasteiger partial charge in [-0.25, -0.2) is 0 Å². The van der Waals surface area contributed by atoms with Gasteiger partial charge in [-0.05, 0) is 30.5 Å². The molecule has 146 valence electrons. The Bertz CT molecular complexity index is 594. The molecule has 0 radical (unpaired) electrons. The fourth-order valence-electron chi connectivity index (χ4n) is 3.12. The van der Waals surface area contributed by atoms with Crippen molar-refractivity contribution in [1.82, 2.24) is 10.2 Å². The minimum Gasteiger partial charge on any atom is -0.493 e. The number of nitrogens with one attached hydrogen (secondary N) is 1. The first-order chi connectivity index (χ1) is 12.4. The third-order valence-corrected chi connectivity index (χ3v) is 4.55. The second kappa shape index (κ2) is 8.45. The Labute approximate surface area is 151 Å². The van der Waals surface area contributed by atoms with Crippen LogP contribution in [0.3, 0.4) is 0 Å². The minimum absolute atomic E-state index is 0.0873. The maximum absolute atomic E-state index is 12.3. The van der Waals surface area contributed by atoms with Crippen molar-refractivity contribution >= 4 is 0 Å². The summed E-state index contributed by atoms with van der Waals surface area (Å²) < 4.78 is 52.6. The van der Waals surface area contributed by atoms with Gasteiger partial charge in [-0.15, -0.1) is 0 Å². The molecule has 0 aromatic heterocycles. The molecule has 2 fully saturated rings. The smallest absolute Gasteiger partial charge is 0.422 e. The van der Waals surface area contributed by atoms with Gasteiger partial charge in [0.1, 0.15) is 0 Å². The number of rotatable bonds is 8. The zero-order valence-corrected chi connectivity index (χ0v) is 14.8. The van der Waals surface area contributed by atoms with Crippen LogP contribution in [0.15, 0.2) is 18.2 Å². The molecule has 2 aliphatic rings. The van der Waals surface area contributed by atoms with Gasteiger partial charge >= 0.3 is 6.18 Å². The summed E-state index contributed by atoms with van der Waals surface area (Å²) in [5, 5.41) is 3.35. The van der Waals surface area contributed by atoms with Gasteiger partial charge in [0, 0.05) is 32.2 Å². The number of hydrogen-bond donors (Lipinski definition) is 1. The van der Waals surface area contributed by atoms with Gasteiger partial charge in [-0.1, -0.05) is 6.07 Å². The van der Waals surface area contributed by atoms with Crippen molar-refractivity contribution in [2.75, 3.05) is 40.0 Å². The summed E-state index contributed by atoms with van der Waals surface area (Å²) >= 11 is 0. The maximum Gasteiger partial charge on any atom is 0.422 e. The van der Waals surface area contributed by atoms with Gasteiger partial charge < -0.3 is 19.5 Å². The SMILES string of the molecule is COc1cc(CNCC2CN(C3CC3)CCO2)ccc1OCC(F)(F)F. The molecule has 1 aliphatic carbocycles. The zero-order chi connectivity index (χ0) is 18.6. The lowest BCUT2D eigenvalue weighted by atomic mass is 10.2.